The zero-order valence-electron chi connectivity index (χ0n) is 10.3. The molecule has 0 saturated heterocycles. The van der Waals surface area contributed by atoms with Crippen molar-refractivity contribution in [2.45, 2.75) is 51.2 Å². The average Bonchev–Trinajstić information content (AvgIpc) is 2.30. The zero-order chi connectivity index (χ0) is 12.3. The highest BCUT2D eigenvalue weighted by molar-refractivity contribution is 9.10. The lowest BCUT2D eigenvalue weighted by Crippen LogP contribution is -2.21. The van der Waals surface area contributed by atoms with Gasteiger partial charge in [-0.2, -0.15) is 0 Å². The van der Waals surface area contributed by atoms with E-state index < -0.39 is 0 Å². The summed E-state index contributed by atoms with van der Waals surface area (Å²) in [5.74, 6) is 0.946. The molecule has 0 radical (unpaired) electrons. The van der Waals surface area contributed by atoms with Gasteiger partial charge in [-0.05, 0) is 44.7 Å². The molecule has 1 unspecified atom stereocenters. The van der Waals surface area contributed by atoms with Gasteiger partial charge >= 0.3 is 0 Å². The van der Waals surface area contributed by atoms with Gasteiger partial charge in [0.15, 0.2) is 0 Å². The number of hydrogen-bond donors (Lipinski definition) is 1. The van der Waals surface area contributed by atoms with Gasteiger partial charge in [0.2, 0.25) is 0 Å². The molecule has 1 aromatic rings. The highest BCUT2D eigenvalue weighted by Gasteiger charge is 2.17. The number of hydrogen-bond acceptors (Lipinski definition) is 2. The number of halogens is 1. The van der Waals surface area contributed by atoms with E-state index in [9.17, 15) is 0 Å². The molecule has 0 aliphatic heterocycles. The summed E-state index contributed by atoms with van der Waals surface area (Å²) in [6.07, 6.45) is 6.63. The van der Waals surface area contributed by atoms with Crippen LogP contribution in [0, 0.1) is 0 Å². The molecule has 2 nitrogen and oxygen atoms in total. The molecule has 17 heavy (non-hydrogen) atoms. The van der Waals surface area contributed by atoms with Crippen LogP contribution >= 0.6 is 15.9 Å². The first kappa shape index (κ1) is 12.9. The summed E-state index contributed by atoms with van der Waals surface area (Å²) in [4.78, 5) is 0. The second kappa shape index (κ2) is 5.87. The van der Waals surface area contributed by atoms with Crippen LogP contribution in [0.3, 0.4) is 0 Å². The molecule has 94 valence electrons. The molecule has 1 fully saturated rings. The summed E-state index contributed by atoms with van der Waals surface area (Å²) in [6.45, 7) is 2.00. The van der Waals surface area contributed by atoms with Gasteiger partial charge in [0.25, 0.3) is 0 Å². The normalized spacial score (nSPS) is 19.0. The van der Waals surface area contributed by atoms with E-state index in [1.165, 1.54) is 32.1 Å². The fraction of sp³-hybridized carbons (Fsp3) is 0.571. The van der Waals surface area contributed by atoms with Crippen molar-refractivity contribution in [3.05, 3.63) is 28.2 Å². The molecule has 0 bridgehead atoms. The summed E-state index contributed by atoms with van der Waals surface area (Å²) in [6, 6.07) is 6.12. The number of benzene rings is 1. The Morgan fingerprint density at radius 2 is 2.00 bits per heavy atom. The van der Waals surface area contributed by atoms with Gasteiger partial charge in [-0.1, -0.05) is 28.4 Å². The molecule has 0 spiro atoms. The molecular formula is C14H20BrNO. The van der Waals surface area contributed by atoms with Gasteiger partial charge in [-0.3, -0.25) is 0 Å². The van der Waals surface area contributed by atoms with Crippen LogP contribution in [-0.2, 0) is 0 Å². The lowest BCUT2D eigenvalue weighted by Gasteiger charge is -2.25. The predicted octanol–water partition coefficient (Wildman–Crippen LogP) is 4.18. The van der Waals surface area contributed by atoms with Crippen LogP contribution in [0.4, 0.5) is 0 Å². The van der Waals surface area contributed by atoms with Gasteiger partial charge in [0, 0.05) is 16.1 Å². The molecule has 0 heterocycles. The first-order valence-corrected chi connectivity index (χ1v) is 7.18. The van der Waals surface area contributed by atoms with Crippen molar-refractivity contribution in [2.24, 2.45) is 5.73 Å². The number of rotatable bonds is 3. The van der Waals surface area contributed by atoms with E-state index in [0.29, 0.717) is 6.10 Å². The molecule has 0 aromatic heterocycles. The van der Waals surface area contributed by atoms with Crippen molar-refractivity contribution in [3.63, 3.8) is 0 Å². The lowest BCUT2D eigenvalue weighted by atomic mass is 9.97. The van der Waals surface area contributed by atoms with E-state index in [1.54, 1.807) is 0 Å². The number of ether oxygens (including phenoxy) is 1. The Balaban J connectivity index is 2.14. The average molecular weight is 298 g/mol. The molecule has 1 aliphatic carbocycles. The summed E-state index contributed by atoms with van der Waals surface area (Å²) in [7, 11) is 0. The van der Waals surface area contributed by atoms with Crippen molar-refractivity contribution < 1.29 is 4.74 Å². The molecule has 2 N–H and O–H groups in total. The van der Waals surface area contributed by atoms with Crippen LogP contribution in [0.2, 0.25) is 0 Å². The lowest BCUT2D eigenvalue weighted by molar-refractivity contribution is 0.153. The molecule has 1 saturated carbocycles. The fourth-order valence-electron chi connectivity index (χ4n) is 2.35. The second-order valence-electron chi connectivity index (χ2n) is 4.85. The first-order chi connectivity index (χ1) is 8.16. The maximum absolute atomic E-state index is 6.12. The van der Waals surface area contributed by atoms with Gasteiger partial charge in [0.1, 0.15) is 5.75 Å². The molecule has 0 amide bonds. The van der Waals surface area contributed by atoms with Crippen LogP contribution in [-0.4, -0.2) is 6.10 Å². The van der Waals surface area contributed by atoms with E-state index in [1.807, 2.05) is 25.1 Å². The minimum absolute atomic E-state index is 0.0155. The van der Waals surface area contributed by atoms with Crippen LogP contribution in [0.5, 0.6) is 5.75 Å². The maximum Gasteiger partial charge on any atom is 0.125 e. The van der Waals surface area contributed by atoms with E-state index in [4.69, 9.17) is 10.5 Å². The van der Waals surface area contributed by atoms with Crippen LogP contribution in [0.25, 0.3) is 0 Å². The Hall–Kier alpha value is -0.540. The van der Waals surface area contributed by atoms with Crippen molar-refractivity contribution in [2.75, 3.05) is 0 Å². The first-order valence-electron chi connectivity index (χ1n) is 6.38. The summed E-state index contributed by atoms with van der Waals surface area (Å²) in [5.41, 5.74) is 7.07. The Kier molecular flexibility index (Phi) is 4.46. The Morgan fingerprint density at radius 1 is 1.29 bits per heavy atom. The summed E-state index contributed by atoms with van der Waals surface area (Å²) in [5, 5.41) is 0. The topological polar surface area (TPSA) is 35.2 Å². The van der Waals surface area contributed by atoms with Gasteiger partial charge < -0.3 is 10.5 Å². The van der Waals surface area contributed by atoms with Gasteiger partial charge in [0.05, 0.1) is 6.10 Å². The van der Waals surface area contributed by atoms with E-state index in [0.717, 1.165) is 15.8 Å². The molecule has 1 atom stereocenters. The monoisotopic (exact) mass is 297 g/mol. The van der Waals surface area contributed by atoms with E-state index in [2.05, 4.69) is 15.9 Å². The second-order valence-corrected chi connectivity index (χ2v) is 5.76. The molecule has 1 aromatic carbocycles. The van der Waals surface area contributed by atoms with Crippen molar-refractivity contribution >= 4 is 15.9 Å². The van der Waals surface area contributed by atoms with Crippen molar-refractivity contribution in [1.29, 1.82) is 0 Å². The SMILES string of the molecule is CC(N)c1ccc(Br)cc1OC1CCCCC1. The minimum Gasteiger partial charge on any atom is -0.490 e. The number of nitrogens with two attached hydrogens (primary N) is 1. The van der Waals surface area contributed by atoms with Crippen molar-refractivity contribution in [1.82, 2.24) is 0 Å². The highest BCUT2D eigenvalue weighted by atomic mass is 79.9. The third-order valence-electron chi connectivity index (χ3n) is 3.31. The maximum atomic E-state index is 6.12. The fourth-order valence-corrected chi connectivity index (χ4v) is 2.69. The van der Waals surface area contributed by atoms with Crippen LogP contribution in [0.1, 0.15) is 50.6 Å². The predicted molar refractivity (Wildman–Crippen MR) is 74.2 cm³/mol. The Bertz CT molecular complexity index is 372. The molecule has 1 aliphatic rings. The quantitative estimate of drug-likeness (QED) is 0.908. The largest absolute Gasteiger partial charge is 0.490 e. The smallest absolute Gasteiger partial charge is 0.125 e. The van der Waals surface area contributed by atoms with Crippen molar-refractivity contribution in [3.8, 4) is 5.75 Å². The third-order valence-corrected chi connectivity index (χ3v) is 3.81. The Morgan fingerprint density at radius 3 is 2.65 bits per heavy atom. The molecule has 2 rings (SSSR count). The van der Waals surface area contributed by atoms with Crippen LogP contribution in [0.15, 0.2) is 22.7 Å². The van der Waals surface area contributed by atoms with E-state index in [-0.39, 0.29) is 6.04 Å². The van der Waals surface area contributed by atoms with Gasteiger partial charge in [-0.15, -0.1) is 0 Å². The third kappa shape index (κ3) is 3.46. The van der Waals surface area contributed by atoms with Gasteiger partial charge in [-0.25, -0.2) is 0 Å². The highest BCUT2D eigenvalue weighted by Crippen LogP contribution is 2.31. The van der Waals surface area contributed by atoms with Crippen LogP contribution < -0.4 is 10.5 Å². The minimum atomic E-state index is 0.0155. The zero-order valence-corrected chi connectivity index (χ0v) is 11.9. The standard InChI is InChI=1S/C14H20BrNO/c1-10(16)13-8-7-11(15)9-14(13)17-12-5-3-2-4-6-12/h7-10,12H,2-6,16H2,1H3. The summed E-state index contributed by atoms with van der Waals surface area (Å²) >= 11 is 3.49. The van der Waals surface area contributed by atoms with E-state index >= 15 is 0 Å². The Labute approximate surface area is 112 Å². The molecule has 3 heteroatoms. The summed E-state index contributed by atoms with van der Waals surface area (Å²) < 4.78 is 7.17. The molecular weight excluding hydrogens is 278 g/mol.